The first kappa shape index (κ1) is 14.4. The molecule has 0 aliphatic heterocycles. The summed E-state index contributed by atoms with van der Waals surface area (Å²) in [5, 5.41) is 13.0. The van der Waals surface area contributed by atoms with Gasteiger partial charge in [0.15, 0.2) is 5.76 Å². The van der Waals surface area contributed by atoms with Crippen LogP contribution in [0.25, 0.3) is 11.3 Å². The lowest BCUT2D eigenvalue weighted by molar-refractivity contribution is -0.274. The van der Waals surface area contributed by atoms with Crippen molar-refractivity contribution in [2.45, 2.75) is 25.1 Å². The summed E-state index contributed by atoms with van der Waals surface area (Å²) in [6.07, 6.45) is -3.20. The number of carboxylic acid groups (broad SMARTS) is 1. The van der Waals surface area contributed by atoms with Crippen LogP contribution in [0.1, 0.15) is 34.9 Å². The Bertz CT molecular complexity index is 719. The summed E-state index contributed by atoms with van der Waals surface area (Å²) >= 11 is 0. The van der Waals surface area contributed by atoms with Crippen molar-refractivity contribution in [2.24, 2.45) is 0 Å². The van der Waals surface area contributed by atoms with E-state index in [1.807, 2.05) is 0 Å². The van der Waals surface area contributed by atoms with Gasteiger partial charge in [0.25, 0.3) is 0 Å². The van der Waals surface area contributed by atoms with E-state index in [2.05, 4.69) is 9.89 Å². The molecule has 1 aliphatic rings. The van der Waals surface area contributed by atoms with E-state index in [1.165, 1.54) is 12.1 Å². The maximum atomic E-state index is 12.3. The van der Waals surface area contributed by atoms with E-state index in [1.54, 1.807) is 0 Å². The van der Waals surface area contributed by atoms with Gasteiger partial charge in [-0.05, 0) is 25.0 Å². The van der Waals surface area contributed by atoms with Crippen molar-refractivity contribution >= 4 is 5.97 Å². The predicted octanol–water partition coefficient (Wildman–Crippen LogP) is 3.82. The molecule has 1 fully saturated rings. The van der Waals surface area contributed by atoms with E-state index >= 15 is 0 Å². The van der Waals surface area contributed by atoms with Gasteiger partial charge in [0.05, 0.1) is 0 Å². The summed E-state index contributed by atoms with van der Waals surface area (Å²) in [5.41, 5.74) is 0.0866. The van der Waals surface area contributed by atoms with Crippen LogP contribution in [0.3, 0.4) is 0 Å². The number of nitrogens with zero attached hydrogens (tertiary/aromatic N) is 1. The number of halogens is 3. The zero-order valence-electron chi connectivity index (χ0n) is 11.1. The first-order valence-electron chi connectivity index (χ1n) is 6.44. The number of ether oxygens (including phenoxy) is 1. The average Bonchev–Trinajstić information content (AvgIpc) is 3.15. The number of hydrogen-bond donors (Lipinski definition) is 1. The largest absolute Gasteiger partial charge is 0.573 e. The standard InChI is InChI=1S/C14H10F3NO4/c15-14(16,17)21-9-3-1-2-8(6-9)11-10(13(19)20)12(22-18-11)7-4-5-7/h1-3,6-7H,4-5H2,(H,19,20). The molecule has 1 N–H and O–H groups in total. The molecule has 5 nitrogen and oxygen atoms in total. The molecule has 1 heterocycles. The van der Waals surface area contributed by atoms with Gasteiger partial charge in [-0.1, -0.05) is 17.3 Å². The molecule has 1 saturated carbocycles. The van der Waals surface area contributed by atoms with E-state index in [4.69, 9.17) is 4.52 Å². The SMILES string of the molecule is O=C(O)c1c(-c2cccc(OC(F)(F)F)c2)noc1C1CC1. The van der Waals surface area contributed by atoms with Gasteiger partial charge in [0.2, 0.25) is 0 Å². The van der Waals surface area contributed by atoms with Gasteiger partial charge in [0.1, 0.15) is 17.0 Å². The molecule has 0 atom stereocenters. The quantitative estimate of drug-likeness (QED) is 0.929. The van der Waals surface area contributed by atoms with Crippen molar-refractivity contribution in [3.8, 4) is 17.0 Å². The number of carboxylic acids is 1. The molecule has 22 heavy (non-hydrogen) atoms. The van der Waals surface area contributed by atoms with Crippen molar-refractivity contribution < 1.29 is 32.3 Å². The van der Waals surface area contributed by atoms with Crippen molar-refractivity contribution in [3.63, 3.8) is 0 Å². The Morgan fingerprint density at radius 2 is 2.09 bits per heavy atom. The number of aromatic carboxylic acids is 1. The molecule has 8 heteroatoms. The van der Waals surface area contributed by atoms with Crippen LogP contribution in [0.2, 0.25) is 0 Å². The van der Waals surface area contributed by atoms with Crippen LogP contribution in [0.15, 0.2) is 28.8 Å². The van der Waals surface area contributed by atoms with E-state index < -0.39 is 18.1 Å². The number of alkyl halides is 3. The van der Waals surface area contributed by atoms with Gasteiger partial charge in [-0.2, -0.15) is 0 Å². The predicted molar refractivity (Wildman–Crippen MR) is 67.6 cm³/mol. The van der Waals surface area contributed by atoms with Gasteiger partial charge in [-0.25, -0.2) is 4.79 Å². The highest BCUT2D eigenvalue weighted by Gasteiger charge is 2.36. The minimum absolute atomic E-state index is 0.00187. The lowest BCUT2D eigenvalue weighted by atomic mass is 10.0. The molecule has 0 saturated heterocycles. The number of aromatic nitrogens is 1. The zero-order chi connectivity index (χ0) is 15.9. The van der Waals surface area contributed by atoms with Crippen LogP contribution in [-0.4, -0.2) is 22.6 Å². The van der Waals surface area contributed by atoms with Crippen molar-refractivity contribution in [3.05, 3.63) is 35.6 Å². The molecule has 0 amide bonds. The number of hydrogen-bond acceptors (Lipinski definition) is 4. The molecule has 0 unspecified atom stereocenters. The minimum Gasteiger partial charge on any atom is -0.477 e. The minimum atomic E-state index is -4.82. The monoisotopic (exact) mass is 313 g/mol. The Morgan fingerprint density at radius 1 is 1.36 bits per heavy atom. The Balaban J connectivity index is 2.01. The summed E-state index contributed by atoms with van der Waals surface area (Å²) in [4.78, 5) is 11.4. The summed E-state index contributed by atoms with van der Waals surface area (Å²) in [6, 6.07) is 4.98. The highest BCUT2D eigenvalue weighted by Crippen LogP contribution is 2.44. The second-order valence-electron chi connectivity index (χ2n) is 4.93. The summed E-state index contributed by atoms with van der Waals surface area (Å²) in [5.74, 6) is -1.38. The molecular weight excluding hydrogens is 303 g/mol. The fraction of sp³-hybridized carbons (Fsp3) is 0.286. The van der Waals surface area contributed by atoms with E-state index in [0.717, 1.165) is 25.0 Å². The van der Waals surface area contributed by atoms with Crippen LogP contribution in [0.5, 0.6) is 5.75 Å². The first-order chi connectivity index (χ1) is 10.3. The highest BCUT2D eigenvalue weighted by atomic mass is 19.4. The molecular formula is C14H10F3NO4. The fourth-order valence-electron chi connectivity index (χ4n) is 2.17. The van der Waals surface area contributed by atoms with Gasteiger partial charge < -0.3 is 14.4 Å². The molecule has 116 valence electrons. The third-order valence-electron chi connectivity index (χ3n) is 3.22. The average molecular weight is 313 g/mol. The van der Waals surface area contributed by atoms with Crippen LogP contribution in [-0.2, 0) is 0 Å². The lowest BCUT2D eigenvalue weighted by Gasteiger charge is -2.09. The topological polar surface area (TPSA) is 72.6 Å². The third-order valence-corrected chi connectivity index (χ3v) is 3.22. The molecule has 1 aromatic heterocycles. The lowest BCUT2D eigenvalue weighted by Crippen LogP contribution is -2.17. The highest BCUT2D eigenvalue weighted by molar-refractivity contribution is 5.96. The van der Waals surface area contributed by atoms with Crippen molar-refractivity contribution in [1.82, 2.24) is 5.16 Å². The summed E-state index contributed by atoms with van der Waals surface area (Å²) in [6.45, 7) is 0. The van der Waals surface area contributed by atoms with E-state index in [-0.39, 0.29) is 28.5 Å². The molecule has 0 bridgehead atoms. The maximum absolute atomic E-state index is 12.3. The Kier molecular flexibility index (Phi) is 3.31. The van der Waals surface area contributed by atoms with Gasteiger partial charge >= 0.3 is 12.3 Å². The first-order valence-corrected chi connectivity index (χ1v) is 6.44. The van der Waals surface area contributed by atoms with Crippen LogP contribution < -0.4 is 4.74 Å². The van der Waals surface area contributed by atoms with Crippen LogP contribution in [0, 0.1) is 0 Å². The Hall–Kier alpha value is -2.51. The smallest absolute Gasteiger partial charge is 0.477 e. The molecule has 1 aromatic carbocycles. The van der Waals surface area contributed by atoms with Crippen LogP contribution in [0.4, 0.5) is 13.2 Å². The number of benzene rings is 1. The molecule has 1 aliphatic carbocycles. The summed E-state index contributed by atoms with van der Waals surface area (Å²) < 4.78 is 45.7. The van der Waals surface area contributed by atoms with Crippen molar-refractivity contribution in [1.29, 1.82) is 0 Å². The Morgan fingerprint density at radius 3 is 2.68 bits per heavy atom. The van der Waals surface area contributed by atoms with Gasteiger partial charge in [-0.15, -0.1) is 13.2 Å². The van der Waals surface area contributed by atoms with Gasteiger partial charge in [-0.3, -0.25) is 0 Å². The van der Waals surface area contributed by atoms with Crippen LogP contribution >= 0.6 is 0 Å². The Labute approximate surface area is 122 Å². The third kappa shape index (κ3) is 2.90. The molecule has 0 spiro atoms. The molecule has 2 aromatic rings. The maximum Gasteiger partial charge on any atom is 0.573 e. The number of carbonyl (C=O) groups is 1. The second kappa shape index (κ2) is 5.04. The second-order valence-corrected chi connectivity index (χ2v) is 4.93. The molecule has 3 rings (SSSR count). The van der Waals surface area contributed by atoms with Crippen molar-refractivity contribution in [2.75, 3.05) is 0 Å². The fourth-order valence-corrected chi connectivity index (χ4v) is 2.17. The van der Waals surface area contributed by atoms with E-state index in [9.17, 15) is 23.1 Å². The van der Waals surface area contributed by atoms with Gasteiger partial charge in [0, 0.05) is 11.5 Å². The zero-order valence-corrected chi connectivity index (χ0v) is 11.1. The normalized spacial score (nSPS) is 14.9. The number of rotatable bonds is 4. The van der Waals surface area contributed by atoms with E-state index in [0.29, 0.717) is 0 Å². The summed E-state index contributed by atoms with van der Waals surface area (Å²) in [7, 11) is 0. The molecule has 0 radical (unpaired) electrons.